The van der Waals surface area contributed by atoms with E-state index in [4.69, 9.17) is 4.98 Å². The Labute approximate surface area is 149 Å². The van der Waals surface area contributed by atoms with Crippen molar-refractivity contribution in [1.29, 1.82) is 0 Å². The molecule has 25 heavy (non-hydrogen) atoms. The van der Waals surface area contributed by atoms with Crippen molar-refractivity contribution in [2.24, 2.45) is 0 Å². The molecule has 2 aromatic rings. The van der Waals surface area contributed by atoms with E-state index in [9.17, 15) is 8.42 Å². The molecule has 0 radical (unpaired) electrons. The standard InChI is InChI=1S/C20H22N2O2S/c1-25(23,24)22-13-10-16(11-14-22)19-18-7-3-2-5-15(18)8-9-17-6-4-12-21-20(17)19/h2-7,12H,8-11,13-14H2,1H3. The number of pyridine rings is 1. The Kier molecular flexibility index (Phi) is 4.21. The first kappa shape index (κ1) is 16.5. The molecule has 1 saturated heterocycles. The van der Waals surface area contributed by atoms with Gasteiger partial charge in [-0.15, -0.1) is 0 Å². The van der Waals surface area contributed by atoms with E-state index in [1.54, 1.807) is 4.31 Å². The molecule has 5 heteroatoms. The summed E-state index contributed by atoms with van der Waals surface area (Å²) in [5.41, 5.74) is 7.55. The monoisotopic (exact) mass is 354 g/mol. The topological polar surface area (TPSA) is 50.3 Å². The lowest BCUT2D eigenvalue weighted by atomic mass is 9.89. The van der Waals surface area contributed by atoms with Gasteiger partial charge in [0.15, 0.2) is 0 Å². The second-order valence-electron chi connectivity index (χ2n) is 6.81. The minimum atomic E-state index is -3.11. The van der Waals surface area contributed by atoms with Gasteiger partial charge in [0, 0.05) is 24.9 Å². The number of hydrogen-bond acceptors (Lipinski definition) is 3. The molecular formula is C20H22N2O2S. The summed E-state index contributed by atoms with van der Waals surface area (Å²) in [7, 11) is -3.11. The van der Waals surface area contributed by atoms with E-state index >= 15 is 0 Å². The van der Waals surface area contributed by atoms with E-state index in [1.807, 2.05) is 12.3 Å². The fourth-order valence-electron chi connectivity index (χ4n) is 3.94. The first-order valence-electron chi connectivity index (χ1n) is 8.74. The first-order chi connectivity index (χ1) is 12.0. The van der Waals surface area contributed by atoms with Gasteiger partial charge >= 0.3 is 0 Å². The minimum absolute atomic E-state index is 0.558. The van der Waals surface area contributed by atoms with Crippen LogP contribution in [0.4, 0.5) is 0 Å². The number of fused-ring (bicyclic) bond motifs is 2. The molecule has 1 aromatic carbocycles. The fraction of sp³-hybridized carbons (Fsp3) is 0.350. The quantitative estimate of drug-likeness (QED) is 0.791. The van der Waals surface area contributed by atoms with E-state index in [-0.39, 0.29) is 0 Å². The van der Waals surface area contributed by atoms with Crippen LogP contribution < -0.4 is 0 Å². The number of rotatable bonds is 1. The number of nitrogens with zero attached hydrogens (tertiary/aromatic N) is 2. The molecule has 1 fully saturated rings. The third kappa shape index (κ3) is 3.14. The van der Waals surface area contributed by atoms with E-state index in [1.165, 1.54) is 34.1 Å². The molecule has 1 aliphatic carbocycles. The van der Waals surface area contributed by atoms with E-state index < -0.39 is 10.0 Å². The SMILES string of the molecule is CS(=O)(=O)N1CCC(=C2c3ccccc3CCc3cccnc32)CC1. The first-order valence-corrected chi connectivity index (χ1v) is 10.6. The van der Waals surface area contributed by atoms with Gasteiger partial charge in [0.05, 0.1) is 11.9 Å². The van der Waals surface area contributed by atoms with Crippen LogP contribution in [0, 0.1) is 0 Å². The van der Waals surface area contributed by atoms with Gasteiger partial charge in [-0.05, 0) is 48.4 Å². The number of aromatic nitrogens is 1. The second-order valence-corrected chi connectivity index (χ2v) is 8.79. The molecular weight excluding hydrogens is 332 g/mol. The predicted octanol–water partition coefficient (Wildman–Crippen LogP) is 3.04. The highest BCUT2D eigenvalue weighted by Crippen LogP contribution is 2.37. The normalized spacial score (nSPS) is 18.4. The smallest absolute Gasteiger partial charge is 0.211 e. The highest BCUT2D eigenvalue weighted by atomic mass is 32.2. The summed E-state index contributed by atoms with van der Waals surface area (Å²) in [5.74, 6) is 0. The maximum Gasteiger partial charge on any atom is 0.211 e. The van der Waals surface area contributed by atoms with Crippen LogP contribution in [-0.4, -0.2) is 37.1 Å². The highest BCUT2D eigenvalue weighted by Gasteiger charge is 2.27. The van der Waals surface area contributed by atoms with Gasteiger partial charge in [-0.3, -0.25) is 4.98 Å². The molecule has 0 saturated carbocycles. The van der Waals surface area contributed by atoms with Crippen molar-refractivity contribution in [1.82, 2.24) is 9.29 Å². The van der Waals surface area contributed by atoms with Gasteiger partial charge in [-0.1, -0.05) is 35.9 Å². The predicted molar refractivity (Wildman–Crippen MR) is 99.8 cm³/mol. The third-order valence-electron chi connectivity index (χ3n) is 5.23. The summed E-state index contributed by atoms with van der Waals surface area (Å²) < 4.78 is 25.2. The largest absolute Gasteiger partial charge is 0.256 e. The zero-order valence-electron chi connectivity index (χ0n) is 14.4. The van der Waals surface area contributed by atoms with Crippen molar-refractivity contribution in [3.8, 4) is 0 Å². The number of piperidine rings is 1. The third-order valence-corrected chi connectivity index (χ3v) is 6.53. The van der Waals surface area contributed by atoms with Gasteiger partial charge in [0.1, 0.15) is 0 Å². The lowest BCUT2D eigenvalue weighted by Crippen LogP contribution is -2.35. The van der Waals surface area contributed by atoms with Crippen molar-refractivity contribution in [3.05, 3.63) is 70.6 Å². The van der Waals surface area contributed by atoms with Crippen LogP contribution in [-0.2, 0) is 22.9 Å². The van der Waals surface area contributed by atoms with Gasteiger partial charge < -0.3 is 0 Å². The van der Waals surface area contributed by atoms with Crippen molar-refractivity contribution in [2.75, 3.05) is 19.3 Å². The molecule has 0 amide bonds. The molecule has 0 atom stereocenters. The maximum absolute atomic E-state index is 11.8. The van der Waals surface area contributed by atoms with Crippen LogP contribution in [0.5, 0.6) is 0 Å². The van der Waals surface area contributed by atoms with Crippen molar-refractivity contribution >= 4 is 15.6 Å². The average Bonchev–Trinajstić information content (AvgIpc) is 2.78. The highest BCUT2D eigenvalue weighted by molar-refractivity contribution is 7.88. The summed E-state index contributed by atoms with van der Waals surface area (Å²) in [6.07, 6.45) is 6.70. The van der Waals surface area contributed by atoms with Crippen LogP contribution in [0.2, 0.25) is 0 Å². The maximum atomic E-state index is 11.8. The van der Waals surface area contributed by atoms with Crippen LogP contribution >= 0.6 is 0 Å². The summed E-state index contributed by atoms with van der Waals surface area (Å²) >= 11 is 0. The number of benzene rings is 1. The van der Waals surface area contributed by atoms with Crippen LogP contribution in [0.15, 0.2) is 48.2 Å². The Morgan fingerprint density at radius 1 is 0.920 bits per heavy atom. The van der Waals surface area contributed by atoms with Crippen molar-refractivity contribution < 1.29 is 8.42 Å². The molecule has 0 bridgehead atoms. The lowest BCUT2D eigenvalue weighted by molar-refractivity contribution is 0.391. The van der Waals surface area contributed by atoms with Crippen LogP contribution in [0.25, 0.3) is 5.57 Å². The summed E-state index contributed by atoms with van der Waals surface area (Å²) in [6, 6.07) is 12.7. The summed E-state index contributed by atoms with van der Waals surface area (Å²) in [6.45, 7) is 1.12. The van der Waals surface area contributed by atoms with Crippen molar-refractivity contribution in [3.63, 3.8) is 0 Å². The summed E-state index contributed by atoms with van der Waals surface area (Å²) in [5, 5.41) is 0. The lowest BCUT2D eigenvalue weighted by Gasteiger charge is -2.28. The molecule has 2 heterocycles. The molecule has 2 aliphatic rings. The van der Waals surface area contributed by atoms with Gasteiger partial charge in [0.2, 0.25) is 10.0 Å². The zero-order chi connectivity index (χ0) is 17.4. The van der Waals surface area contributed by atoms with Gasteiger partial charge in [-0.2, -0.15) is 0 Å². The fourth-order valence-corrected chi connectivity index (χ4v) is 4.79. The van der Waals surface area contributed by atoms with Gasteiger partial charge in [-0.25, -0.2) is 12.7 Å². The molecule has 130 valence electrons. The second kappa shape index (κ2) is 6.39. The van der Waals surface area contributed by atoms with Crippen LogP contribution in [0.1, 0.15) is 35.2 Å². The Morgan fingerprint density at radius 2 is 1.60 bits per heavy atom. The number of sulfonamides is 1. The molecule has 0 spiro atoms. The minimum Gasteiger partial charge on any atom is -0.256 e. The van der Waals surface area contributed by atoms with Crippen LogP contribution in [0.3, 0.4) is 0 Å². The Balaban J connectivity index is 1.84. The number of aryl methyl sites for hydroxylation is 2. The van der Waals surface area contributed by atoms with E-state index in [2.05, 4.69) is 30.3 Å². The van der Waals surface area contributed by atoms with E-state index in [0.717, 1.165) is 31.4 Å². The molecule has 4 nitrogen and oxygen atoms in total. The number of hydrogen-bond donors (Lipinski definition) is 0. The van der Waals surface area contributed by atoms with Crippen molar-refractivity contribution in [2.45, 2.75) is 25.7 Å². The zero-order valence-corrected chi connectivity index (χ0v) is 15.2. The average molecular weight is 354 g/mol. The molecule has 1 aliphatic heterocycles. The Bertz CT molecular complexity index is 888. The molecule has 0 N–H and O–H groups in total. The molecule has 0 unspecified atom stereocenters. The Hall–Kier alpha value is -1.98. The van der Waals surface area contributed by atoms with Gasteiger partial charge in [0.25, 0.3) is 0 Å². The van der Waals surface area contributed by atoms with E-state index in [0.29, 0.717) is 13.1 Å². The Morgan fingerprint density at radius 3 is 2.36 bits per heavy atom. The molecule has 4 rings (SSSR count). The summed E-state index contributed by atoms with van der Waals surface area (Å²) in [4.78, 5) is 4.71. The molecule has 1 aromatic heterocycles.